The van der Waals surface area contributed by atoms with Gasteiger partial charge < -0.3 is 5.32 Å². The van der Waals surface area contributed by atoms with Crippen molar-refractivity contribution in [3.63, 3.8) is 0 Å². The van der Waals surface area contributed by atoms with E-state index in [0.29, 0.717) is 5.95 Å². The molecule has 2 aromatic rings. The predicted octanol–water partition coefficient (Wildman–Crippen LogP) is 1.88. The van der Waals surface area contributed by atoms with Gasteiger partial charge in [0.05, 0.1) is 13.6 Å². The lowest BCUT2D eigenvalue weighted by molar-refractivity contribution is -0.671. The molecule has 2 rings (SSSR count). The minimum Gasteiger partial charge on any atom is -0.354 e. The maximum absolute atomic E-state index is 5.67. The first-order chi connectivity index (χ1) is 8.63. The number of hydrogen-bond donors (Lipinski definition) is 1. The molecule has 0 radical (unpaired) electrons. The van der Waals surface area contributed by atoms with Gasteiger partial charge in [-0.15, -0.1) is 17.0 Å². The SMILES string of the molecule is Br.C[n+]1ccn(CCCNc2nc(Cl)nc(Cl)n2)c1. The first kappa shape index (κ1) is 16.1. The van der Waals surface area contributed by atoms with E-state index in [9.17, 15) is 0 Å². The van der Waals surface area contributed by atoms with Gasteiger partial charge in [-0.05, 0) is 23.2 Å². The molecule has 0 saturated heterocycles. The first-order valence-electron chi connectivity index (χ1n) is 5.45. The second kappa shape index (κ2) is 7.62. The third kappa shape index (κ3) is 5.30. The molecule has 0 aliphatic rings. The molecule has 0 unspecified atom stereocenters. The number of rotatable bonds is 5. The third-order valence-electron chi connectivity index (χ3n) is 2.28. The summed E-state index contributed by atoms with van der Waals surface area (Å²) in [5, 5.41) is 3.24. The van der Waals surface area contributed by atoms with Crippen molar-refractivity contribution in [1.29, 1.82) is 0 Å². The van der Waals surface area contributed by atoms with Gasteiger partial charge in [0.2, 0.25) is 22.8 Å². The average Bonchev–Trinajstić information content (AvgIpc) is 2.69. The Morgan fingerprint density at radius 3 is 2.53 bits per heavy atom. The Labute approximate surface area is 131 Å². The van der Waals surface area contributed by atoms with E-state index in [1.165, 1.54) is 0 Å². The summed E-state index contributed by atoms with van der Waals surface area (Å²) in [5.41, 5.74) is 0. The van der Waals surface area contributed by atoms with Crippen LogP contribution in [0.2, 0.25) is 10.6 Å². The van der Waals surface area contributed by atoms with Gasteiger partial charge in [-0.1, -0.05) is 0 Å². The van der Waals surface area contributed by atoms with Gasteiger partial charge in [0, 0.05) is 13.0 Å². The summed E-state index contributed by atoms with van der Waals surface area (Å²) in [6.07, 6.45) is 6.99. The maximum atomic E-state index is 5.67. The number of anilines is 1. The molecule has 2 aromatic heterocycles. The van der Waals surface area contributed by atoms with Crippen molar-refractivity contribution in [2.75, 3.05) is 11.9 Å². The summed E-state index contributed by atoms with van der Waals surface area (Å²) < 4.78 is 4.11. The number of imidazole rings is 1. The van der Waals surface area contributed by atoms with Gasteiger partial charge >= 0.3 is 0 Å². The molecule has 0 aliphatic heterocycles. The number of aryl methyl sites for hydroxylation is 2. The highest BCUT2D eigenvalue weighted by atomic mass is 79.9. The quantitative estimate of drug-likeness (QED) is 0.646. The van der Waals surface area contributed by atoms with Crippen molar-refractivity contribution >= 4 is 46.1 Å². The largest absolute Gasteiger partial charge is 0.354 e. The Kier molecular flexibility index (Phi) is 6.47. The van der Waals surface area contributed by atoms with E-state index < -0.39 is 0 Å². The third-order valence-corrected chi connectivity index (χ3v) is 2.62. The van der Waals surface area contributed by atoms with Gasteiger partial charge in [0.15, 0.2) is 0 Å². The van der Waals surface area contributed by atoms with Gasteiger partial charge in [-0.2, -0.15) is 15.0 Å². The molecule has 19 heavy (non-hydrogen) atoms. The van der Waals surface area contributed by atoms with E-state index >= 15 is 0 Å². The van der Waals surface area contributed by atoms with Crippen LogP contribution in [0.15, 0.2) is 18.7 Å². The average molecular weight is 369 g/mol. The Hall–Kier alpha value is -0.920. The van der Waals surface area contributed by atoms with Crippen LogP contribution >= 0.6 is 40.2 Å². The Bertz CT molecular complexity index is 512. The van der Waals surface area contributed by atoms with Crippen LogP contribution < -0.4 is 9.88 Å². The Balaban J connectivity index is 0.00000180. The van der Waals surface area contributed by atoms with Crippen molar-refractivity contribution in [2.24, 2.45) is 7.05 Å². The van der Waals surface area contributed by atoms with Gasteiger partial charge in [0.25, 0.3) is 0 Å². The van der Waals surface area contributed by atoms with Crippen LogP contribution in [0.3, 0.4) is 0 Å². The van der Waals surface area contributed by atoms with Crippen molar-refractivity contribution in [3.8, 4) is 0 Å². The summed E-state index contributed by atoms with van der Waals surface area (Å²) >= 11 is 11.3. The van der Waals surface area contributed by atoms with Gasteiger partial charge in [-0.3, -0.25) is 0 Å². The molecular formula is C10H14BrCl2N6+. The highest BCUT2D eigenvalue weighted by Gasteiger charge is 2.03. The fraction of sp³-hybridized carbons (Fsp3) is 0.400. The van der Waals surface area contributed by atoms with Crippen molar-refractivity contribution in [1.82, 2.24) is 19.5 Å². The van der Waals surface area contributed by atoms with Crippen LogP contribution in [0.5, 0.6) is 0 Å². The van der Waals surface area contributed by atoms with E-state index in [2.05, 4.69) is 24.8 Å². The molecule has 0 amide bonds. The Morgan fingerprint density at radius 1 is 1.26 bits per heavy atom. The molecule has 0 saturated carbocycles. The van der Waals surface area contributed by atoms with Crippen molar-refractivity contribution < 1.29 is 4.57 Å². The molecule has 2 heterocycles. The first-order valence-corrected chi connectivity index (χ1v) is 6.21. The molecule has 104 valence electrons. The van der Waals surface area contributed by atoms with E-state index in [1.54, 1.807) is 0 Å². The summed E-state index contributed by atoms with van der Waals surface area (Å²) in [6, 6.07) is 0. The van der Waals surface area contributed by atoms with Crippen LogP contribution in [-0.4, -0.2) is 26.1 Å². The zero-order chi connectivity index (χ0) is 13.0. The van der Waals surface area contributed by atoms with E-state index in [0.717, 1.165) is 19.5 Å². The minimum absolute atomic E-state index is 0. The summed E-state index contributed by atoms with van der Waals surface area (Å²) in [7, 11) is 1.99. The number of nitrogens with one attached hydrogen (secondary N) is 1. The monoisotopic (exact) mass is 367 g/mol. The maximum Gasteiger partial charge on any atom is 0.243 e. The molecule has 6 nitrogen and oxygen atoms in total. The lowest BCUT2D eigenvalue weighted by atomic mass is 10.4. The molecule has 0 bridgehead atoms. The summed E-state index contributed by atoms with van der Waals surface area (Å²) in [5.74, 6) is 0.401. The van der Waals surface area contributed by atoms with Crippen LogP contribution in [0.25, 0.3) is 0 Å². The molecular weight excluding hydrogens is 355 g/mol. The molecule has 0 spiro atoms. The Morgan fingerprint density at radius 2 is 1.95 bits per heavy atom. The number of hydrogen-bond acceptors (Lipinski definition) is 4. The second-order valence-corrected chi connectivity index (χ2v) is 4.47. The van der Waals surface area contributed by atoms with Crippen molar-refractivity contribution in [2.45, 2.75) is 13.0 Å². The van der Waals surface area contributed by atoms with E-state index in [1.807, 2.05) is 30.3 Å². The van der Waals surface area contributed by atoms with Gasteiger partial charge in [-0.25, -0.2) is 9.13 Å². The topological polar surface area (TPSA) is 59.5 Å². The highest BCUT2D eigenvalue weighted by molar-refractivity contribution is 8.93. The molecule has 0 aliphatic carbocycles. The molecule has 0 atom stereocenters. The van der Waals surface area contributed by atoms with Crippen LogP contribution in [0.1, 0.15) is 6.42 Å². The molecule has 0 aromatic carbocycles. The zero-order valence-corrected chi connectivity index (χ0v) is 13.5. The van der Waals surface area contributed by atoms with Crippen LogP contribution in [0.4, 0.5) is 5.95 Å². The standard InChI is InChI=1S/C10H13Cl2N6.BrH/c1-17-5-6-18(7-17)4-2-3-13-10-15-8(11)14-9(12)16-10;/h5-7H,2-4H2,1H3,(H,13,14,15,16);1H/q+1;. The summed E-state index contributed by atoms with van der Waals surface area (Å²) in [6.45, 7) is 1.65. The lowest BCUT2D eigenvalue weighted by Crippen LogP contribution is -2.23. The zero-order valence-electron chi connectivity index (χ0n) is 10.3. The van der Waals surface area contributed by atoms with E-state index in [-0.39, 0.29) is 27.5 Å². The number of halogens is 3. The molecule has 0 fully saturated rings. The second-order valence-electron chi connectivity index (χ2n) is 3.79. The number of nitrogens with zero attached hydrogens (tertiary/aromatic N) is 5. The molecule has 9 heteroatoms. The van der Waals surface area contributed by atoms with Crippen molar-refractivity contribution in [3.05, 3.63) is 29.3 Å². The summed E-state index contributed by atoms with van der Waals surface area (Å²) in [4.78, 5) is 11.5. The highest BCUT2D eigenvalue weighted by Crippen LogP contribution is 2.09. The minimum atomic E-state index is 0. The smallest absolute Gasteiger partial charge is 0.243 e. The van der Waals surface area contributed by atoms with Crippen LogP contribution in [-0.2, 0) is 13.6 Å². The number of aromatic nitrogens is 5. The van der Waals surface area contributed by atoms with E-state index in [4.69, 9.17) is 23.2 Å². The van der Waals surface area contributed by atoms with Crippen LogP contribution in [0, 0.1) is 0 Å². The fourth-order valence-electron chi connectivity index (χ4n) is 1.50. The lowest BCUT2D eigenvalue weighted by Gasteiger charge is -2.03. The fourth-order valence-corrected chi connectivity index (χ4v) is 1.86. The molecule has 1 N–H and O–H groups in total. The predicted molar refractivity (Wildman–Crippen MR) is 78.9 cm³/mol. The van der Waals surface area contributed by atoms with Gasteiger partial charge in [0.1, 0.15) is 12.4 Å². The normalized spacial score (nSPS) is 10.1.